The number of rotatable bonds is 7. The first kappa shape index (κ1) is 20.0. The quantitative estimate of drug-likeness (QED) is 0.410. The van der Waals surface area contributed by atoms with E-state index in [1.165, 1.54) is 41.3 Å². The lowest BCUT2D eigenvalue weighted by Crippen LogP contribution is -3.13. The predicted octanol–water partition coefficient (Wildman–Crippen LogP) is 1.71. The molecular formula is C21H22FN4O4+. The number of halogens is 1. The number of urea groups is 1. The molecule has 1 aliphatic carbocycles. The number of quaternary nitrogens is 1. The molecule has 9 heteroatoms. The van der Waals surface area contributed by atoms with Gasteiger partial charge in [-0.1, -0.05) is 12.1 Å². The van der Waals surface area contributed by atoms with Gasteiger partial charge < -0.3 is 10.2 Å². The second kappa shape index (κ2) is 7.49. The summed E-state index contributed by atoms with van der Waals surface area (Å²) in [4.78, 5) is 38.5. The molecule has 8 nitrogen and oxygen atoms in total. The van der Waals surface area contributed by atoms with Gasteiger partial charge in [0, 0.05) is 30.5 Å². The summed E-state index contributed by atoms with van der Waals surface area (Å²) in [6.07, 6.45) is 2.03. The zero-order chi connectivity index (χ0) is 21.5. The summed E-state index contributed by atoms with van der Waals surface area (Å²) in [5.74, 6) is -0.696. The minimum atomic E-state index is -1.28. The SMILES string of the molecule is C[C@@]1(c2ccc([N+](=O)[O-])cc2)NC(=O)N(C[NH+](Cc2ccc(F)cc2)C2CC2)C1=O. The third kappa shape index (κ3) is 3.76. The van der Waals surface area contributed by atoms with Crippen LogP contribution in [0, 0.1) is 15.9 Å². The molecule has 0 bridgehead atoms. The highest BCUT2D eigenvalue weighted by Crippen LogP contribution is 2.29. The Kier molecular flexibility index (Phi) is 4.98. The molecule has 4 rings (SSSR count). The van der Waals surface area contributed by atoms with Gasteiger partial charge >= 0.3 is 6.03 Å². The van der Waals surface area contributed by atoms with E-state index in [9.17, 15) is 24.1 Å². The fourth-order valence-electron chi connectivity index (χ4n) is 3.84. The van der Waals surface area contributed by atoms with Crippen LogP contribution in [0.2, 0.25) is 0 Å². The summed E-state index contributed by atoms with van der Waals surface area (Å²) in [5.41, 5.74) is 0.0556. The molecule has 0 spiro atoms. The van der Waals surface area contributed by atoms with E-state index in [2.05, 4.69) is 5.32 Å². The maximum atomic E-state index is 13.2. The predicted molar refractivity (Wildman–Crippen MR) is 105 cm³/mol. The molecule has 2 aromatic carbocycles. The molecule has 0 radical (unpaired) electrons. The van der Waals surface area contributed by atoms with E-state index >= 15 is 0 Å². The number of amides is 3. The Hall–Kier alpha value is -3.33. The van der Waals surface area contributed by atoms with E-state index in [0.717, 1.165) is 23.3 Å². The third-order valence-corrected chi connectivity index (χ3v) is 5.79. The van der Waals surface area contributed by atoms with Crippen molar-refractivity contribution in [3.05, 3.63) is 75.6 Å². The van der Waals surface area contributed by atoms with Crippen LogP contribution in [0.3, 0.4) is 0 Å². The lowest BCUT2D eigenvalue weighted by Gasteiger charge is -2.25. The van der Waals surface area contributed by atoms with Crippen LogP contribution in [-0.2, 0) is 16.9 Å². The number of hydrogen-bond donors (Lipinski definition) is 2. The van der Waals surface area contributed by atoms with Crippen molar-refractivity contribution < 1.29 is 23.8 Å². The average molecular weight is 413 g/mol. The molecule has 3 amide bonds. The molecule has 156 valence electrons. The lowest BCUT2D eigenvalue weighted by atomic mass is 9.92. The van der Waals surface area contributed by atoms with Gasteiger partial charge in [0.2, 0.25) is 0 Å². The van der Waals surface area contributed by atoms with Crippen molar-refractivity contribution in [3.63, 3.8) is 0 Å². The van der Waals surface area contributed by atoms with Crippen LogP contribution in [0.25, 0.3) is 0 Å². The lowest BCUT2D eigenvalue weighted by molar-refractivity contribution is -0.931. The van der Waals surface area contributed by atoms with Crippen molar-refractivity contribution in [2.24, 2.45) is 0 Å². The summed E-state index contributed by atoms with van der Waals surface area (Å²) in [6, 6.07) is 11.7. The molecule has 1 saturated carbocycles. The van der Waals surface area contributed by atoms with Crippen molar-refractivity contribution in [1.29, 1.82) is 0 Å². The number of carbonyl (C=O) groups is 2. The number of hydrogen-bond acceptors (Lipinski definition) is 4. The number of nitro benzene ring substituents is 1. The van der Waals surface area contributed by atoms with Crippen molar-refractivity contribution in [2.75, 3.05) is 6.67 Å². The second-order valence-corrected chi connectivity index (χ2v) is 7.99. The monoisotopic (exact) mass is 413 g/mol. The normalized spacial score (nSPS) is 22.1. The summed E-state index contributed by atoms with van der Waals surface area (Å²) < 4.78 is 13.2. The first-order chi connectivity index (χ1) is 14.3. The molecule has 1 saturated heterocycles. The fourth-order valence-corrected chi connectivity index (χ4v) is 3.84. The van der Waals surface area contributed by atoms with Gasteiger partial charge in [-0.25, -0.2) is 14.1 Å². The van der Waals surface area contributed by atoms with Crippen molar-refractivity contribution in [1.82, 2.24) is 10.2 Å². The number of nitro groups is 1. The van der Waals surface area contributed by atoms with Crippen LogP contribution in [0.4, 0.5) is 14.9 Å². The Bertz CT molecular complexity index is 991. The van der Waals surface area contributed by atoms with E-state index in [1.807, 2.05) is 0 Å². The van der Waals surface area contributed by atoms with E-state index in [0.29, 0.717) is 18.2 Å². The van der Waals surface area contributed by atoms with Gasteiger partial charge in [-0.2, -0.15) is 0 Å². The number of imide groups is 1. The third-order valence-electron chi connectivity index (χ3n) is 5.79. The van der Waals surface area contributed by atoms with Crippen LogP contribution >= 0.6 is 0 Å². The number of benzene rings is 2. The minimum absolute atomic E-state index is 0.0837. The number of carbonyl (C=O) groups excluding carboxylic acids is 2. The molecular weight excluding hydrogens is 391 g/mol. The zero-order valence-electron chi connectivity index (χ0n) is 16.4. The number of non-ortho nitro benzene ring substituents is 1. The van der Waals surface area contributed by atoms with Gasteiger partial charge in [0.25, 0.3) is 11.6 Å². The Labute approximate surface area is 172 Å². The van der Waals surface area contributed by atoms with Crippen LogP contribution in [-0.4, -0.2) is 34.5 Å². The van der Waals surface area contributed by atoms with Gasteiger partial charge in [0.05, 0.1) is 11.0 Å². The Morgan fingerprint density at radius 1 is 1.17 bits per heavy atom. The summed E-state index contributed by atoms with van der Waals surface area (Å²) >= 11 is 0. The highest BCUT2D eigenvalue weighted by Gasteiger charge is 2.51. The van der Waals surface area contributed by atoms with E-state index in [4.69, 9.17) is 0 Å². The Morgan fingerprint density at radius 3 is 2.37 bits per heavy atom. The maximum absolute atomic E-state index is 13.2. The second-order valence-electron chi connectivity index (χ2n) is 7.99. The standard InChI is InChI=1S/C21H21FN4O4/c1-21(15-4-8-18(9-5-15)26(29)30)19(27)25(20(28)23-21)13-24(17-10-11-17)12-14-2-6-16(22)7-3-14/h2-9,17H,10-13H2,1H3,(H,23,28)/p+1/t21-/m0/s1. The van der Waals surface area contributed by atoms with Crippen LogP contribution in [0.1, 0.15) is 30.9 Å². The highest BCUT2D eigenvalue weighted by molar-refractivity contribution is 6.07. The topological polar surface area (TPSA) is 97.0 Å². The molecule has 30 heavy (non-hydrogen) atoms. The molecule has 2 N–H and O–H groups in total. The van der Waals surface area contributed by atoms with E-state index in [1.54, 1.807) is 19.1 Å². The smallest absolute Gasteiger partial charge is 0.319 e. The van der Waals surface area contributed by atoms with Gasteiger partial charge in [0.15, 0.2) is 6.67 Å². The van der Waals surface area contributed by atoms with Gasteiger partial charge in [-0.05, 0) is 36.8 Å². The maximum Gasteiger partial charge on any atom is 0.329 e. The Morgan fingerprint density at radius 2 is 1.80 bits per heavy atom. The summed E-state index contributed by atoms with van der Waals surface area (Å²) in [7, 11) is 0. The van der Waals surface area contributed by atoms with E-state index in [-0.39, 0.29) is 18.2 Å². The first-order valence-corrected chi connectivity index (χ1v) is 9.76. The average Bonchev–Trinajstić information content (AvgIpc) is 3.54. The molecule has 1 heterocycles. The van der Waals surface area contributed by atoms with Gasteiger partial charge in [-0.15, -0.1) is 0 Å². The summed E-state index contributed by atoms with van der Waals surface area (Å²) in [5, 5.41) is 13.6. The molecule has 2 aromatic rings. The molecule has 1 unspecified atom stereocenters. The molecule has 1 aliphatic heterocycles. The van der Waals surface area contributed by atoms with Gasteiger partial charge in [-0.3, -0.25) is 14.9 Å². The van der Waals surface area contributed by atoms with E-state index < -0.39 is 22.4 Å². The molecule has 2 atom stereocenters. The molecule has 2 aliphatic rings. The number of nitrogens with one attached hydrogen (secondary N) is 2. The van der Waals surface area contributed by atoms with Crippen LogP contribution in [0.15, 0.2) is 48.5 Å². The van der Waals surface area contributed by atoms with Gasteiger partial charge in [0.1, 0.15) is 17.9 Å². The molecule has 2 fully saturated rings. The largest absolute Gasteiger partial charge is 0.329 e. The van der Waals surface area contributed by atoms with Crippen molar-refractivity contribution in [2.45, 2.75) is 37.9 Å². The first-order valence-electron chi connectivity index (χ1n) is 9.76. The van der Waals surface area contributed by atoms with Crippen LogP contribution in [0.5, 0.6) is 0 Å². The number of nitrogens with zero attached hydrogens (tertiary/aromatic N) is 2. The fraction of sp³-hybridized carbons (Fsp3) is 0.333. The molecule has 0 aromatic heterocycles. The van der Waals surface area contributed by atoms with Crippen molar-refractivity contribution in [3.8, 4) is 0 Å². The Balaban J connectivity index is 1.52. The zero-order valence-corrected chi connectivity index (χ0v) is 16.4. The van der Waals surface area contributed by atoms with Crippen LogP contribution < -0.4 is 10.2 Å². The highest BCUT2D eigenvalue weighted by atomic mass is 19.1. The van der Waals surface area contributed by atoms with Crippen molar-refractivity contribution >= 4 is 17.6 Å². The summed E-state index contributed by atoms with van der Waals surface area (Å²) in [6.45, 7) is 2.39. The minimum Gasteiger partial charge on any atom is -0.319 e.